The van der Waals surface area contributed by atoms with Crippen LogP contribution in [0.4, 0.5) is 0 Å². The summed E-state index contributed by atoms with van der Waals surface area (Å²) in [7, 11) is 0. The Morgan fingerprint density at radius 3 is 2.54 bits per heavy atom. The molecule has 3 heteroatoms. The second-order valence-electron chi connectivity index (χ2n) is 3.37. The van der Waals surface area contributed by atoms with Gasteiger partial charge in [-0.1, -0.05) is 20.4 Å². The lowest BCUT2D eigenvalue weighted by atomic mass is 10.1. The van der Waals surface area contributed by atoms with Crippen molar-refractivity contribution in [2.45, 2.75) is 13.8 Å². The normalized spacial score (nSPS) is 16.1. The molecule has 0 aromatic heterocycles. The molecule has 70 valence electrons. The number of hydrogen-bond acceptors (Lipinski definition) is 2. The van der Waals surface area contributed by atoms with Crippen molar-refractivity contribution in [1.29, 1.82) is 0 Å². The van der Waals surface area contributed by atoms with Gasteiger partial charge in [-0.25, -0.2) is 0 Å². The first-order chi connectivity index (χ1) is 6.02. The minimum absolute atomic E-state index is 0.0406. The van der Waals surface area contributed by atoms with Gasteiger partial charge >= 0.3 is 0 Å². The van der Waals surface area contributed by atoms with Gasteiger partial charge in [0.05, 0.1) is 6.54 Å². The molecule has 0 spiro atoms. The fourth-order valence-corrected chi connectivity index (χ4v) is 1.01. The first-order valence-electron chi connectivity index (χ1n) is 4.23. The fourth-order valence-electron chi connectivity index (χ4n) is 1.01. The van der Waals surface area contributed by atoms with E-state index in [-0.39, 0.29) is 24.2 Å². The fraction of sp³-hybridized carbons (Fsp3) is 0.400. The molecule has 0 radical (unpaired) electrons. The number of rotatable bonds is 3. The zero-order valence-electron chi connectivity index (χ0n) is 7.91. The van der Waals surface area contributed by atoms with E-state index in [0.717, 1.165) is 0 Å². The second kappa shape index (κ2) is 3.56. The molecule has 0 aliphatic carbocycles. The van der Waals surface area contributed by atoms with Crippen LogP contribution < -0.4 is 0 Å². The number of carbonyl (C=O) groups excluding carboxylic acids is 2. The lowest BCUT2D eigenvalue weighted by molar-refractivity contribution is -0.130. The van der Waals surface area contributed by atoms with Crippen molar-refractivity contribution >= 4 is 11.7 Å². The van der Waals surface area contributed by atoms with Crippen molar-refractivity contribution < 1.29 is 9.59 Å². The molecule has 0 bridgehead atoms. The Hall–Kier alpha value is -1.38. The summed E-state index contributed by atoms with van der Waals surface area (Å²) in [5.74, 6) is -0.140. The number of amides is 1. The maximum absolute atomic E-state index is 11.3. The Balaban J connectivity index is 2.60. The molecule has 3 nitrogen and oxygen atoms in total. The predicted molar refractivity (Wildman–Crippen MR) is 49.8 cm³/mol. The van der Waals surface area contributed by atoms with Gasteiger partial charge in [-0.2, -0.15) is 0 Å². The molecule has 0 fully saturated rings. The first kappa shape index (κ1) is 9.71. The third-order valence-electron chi connectivity index (χ3n) is 1.99. The van der Waals surface area contributed by atoms with E-state index in [0.29, 0.717) is 5.70 Å². The largest absolute Gasteiger partial charge is 0.302 e. The standard InChI is InChI=1S/C10H13NO2/c1-7(2)9(12)6-11-8(3)4-5-10(11)13/h4-5,7H,3,6H2,1-2H3. The van der Waals surface area contributed by atoms with Crippen LogP contribution >= 0.6 is 0 Å². The molecule has 0 unspecified atom stereocenters. The van der Waals surface area contributed by atoms with Crippen LogP contribution in [0.2, 0.25) is 0 Å². The maximum Gasteiger partial charge on any atom is 0.251 e. The van der Waals surface area contributed by atoms with Crippen LogP contribution in [-0.4, -0.2) is 23.1 Å². The van der Waals surface area contributed by atoms with Crippen LogP contribution in [0.15, 0.2) is 24.4 Å². The summed E-state index contributed by atoms with van der Waals surface area (Å²) in [6, 6.07) is 0. The molecule has 0 atom stereocenters. The second-order valence-corrected chi connectivity index (χ2v) is 3.37. The number of hydrogen-bond donors (Lipinski definition) is 0. The van der Waals surface area contributed by atoms with Crippen LogP contribution in [0, 0.1) is 5.92 Å². The van der Waals surface area contributed by atoms with Crippen molar-refractivity contribution in [2.24, 2.45) is 5.92 Å². The Bertz CT molecular complexity index is 271. The van der Waals surface area contributed by atoms with Gasteiger partial charge in [-0.3, -0.25) is 9.59 Å². The molecule has 1 aliphatic heterocycles. The van der Waals surface area contributed by atoms with E-state index in [9.17, 15) is 9.59 Å². The summed E-state index contributed by atoms with van der Waals surface area (Å²) in [6.45, 7) is 7.44. The van der Waals surface area contributed by atoms with Crippen LogP contribution in [0.5, 0.6) is 0 Å². The predicted octanol–water partition coefficient (Wildman–Crippen LogP) is 1.12. The van der Waals surface area contributed by atoms with E-state index in [4.69, 9.17) is 0 Å². The molecule has 0 saturated heterocycles. The zero-order valence-corrected chi connectivity index (χ0v) is 7.91. The molecule has 0 N–H and O–H groups in total. The van der Waals surface area contributed by atoms with Gasteiger partial charge in [0.1, 0.15) is 0 Å². The van der Waals surface area contributed by atoms with Gasteiger partial charge in [0.25, 0.3) is 5.91 Å². The molecule has 0 aromatic carbocycles. The van der Waals surface area contributed by atoms with Gasteiger partial charge in [-0.05, 0) is 6.08 Å². The average Bonchev–Trinajstić information content (AvgIpc) is 2.35. The molecule has 0 saturated carbocycles. The Morgan fingerprint density at radius 2 is 2.15 bits per heavy atom. The van der Waals surface area contributed by atoms with Gasteiger partial charge in [0, 0.05) is 17.7 Å². The summed E-state index contributed by atoms with van der Waals surface area (Å²) in [5, 5.41) is 0. The smallest absolute Gasteiger partial charge is 0.251 e. The summed E-state index contributed by atoms with van der Waals surface area (Å²) in [4.78, 5) is 23.9. The summed E-state index contributed by atoms with van der Waals surface area (Å²) in [5.41, 5.74) is 0.596. The van der Waals surface area contributed by atoms with Crippen molar-refractivity contribution in [3.05, 3.63) is 24.4 Å². The van der Waals surface area contributed by atoms with E-state index in [2.05, 4.69) is 6.58 Å². The highest BCUT2D eigenvalue weighted by atomic mass is 16.2. The SMILES string of the molecule is C=C1C=CC(=O)N1CC(=O)C(C)C. The number of ketones is 1. The number of allylic oxidation sites excluding steroid dienone is 1. The van der Waals surface area contributed by atoms with Gasteiger partial charge in [-0.15, -0.1) is 0 Å². The van der Waals surface area contributed by atoms with Gasteiger partial charge in [0.2, 0.25) is 0 Å². The molecule has 1 amide bonds. The van der Waals surface area contributed by atoms with Crippen LogP contribution in [0.1, 0.15) is 13.8 Å². The van der Waals surface area contributed by atoms with Gasteiger partial charge < -0.3 is 4.90 Å². The third kappa shape index (κ3) is 2.05. The molecular weight excluding hydrogens is 166 g/mol. The van der Waals surface area contributed by atoms with Crippen LogP contribution in [0.3, 0.4) is 0 Å². The topological polar surface area (TPSA) is 37.4 Å². The van der Waals surface area contributed by atoms with Crippen molar-refractivity contribution in [2.75, 3.05) is 6.54 Å². The highest BCUT2D eigenvalue weighted by Crippen LogP contribution is 2.13. The monoisotopic (exact) mass is 179 g/mol. The molecule has 1 heterocycles. The highest BCUT2D eigenvalue weighted by Gasteiger charge is 2.22. The Labute approximate surface area is 77.7 Å². The minimum atomic E-state index is -0.154. The van der Waals surface area contributed by atoms with E-state index < -0.39 is 0 Å². The highest BCUT2D eigenvalue weighted by molar-refractivity contribution is 5.96. The van der Waals surface area contributed by atoms with Crippen molar-refractivity contribution in [3.63, 3.8) is 0 Å². The maximum atomic E-state index is 11.3. The van der Waals surface area contributed by atoms with Gasteiger partial charge in [0.15, 0.2) is 5.78 Å². The van der Waals surface area contributed by atoms with Crippen LogP contribution in [0.25, 0.3) is 0 Å². The van der Waals surface area contributed by atoms with Crippen molar-refractivity contribution in [3.8, 4) is 0 Å². The number of Topliss-reactive ketones (excluding diaryl/α,β-unsaturated/α-hetero) is 1. The third-order valence-corrected chi connectivity index (χ3v) is 1.99. The Kier molecular flexibility index (Phi) is 2.66. The molecular formula is C10H13NO2. The molecule has 13 heavy (non-hydrogen) atoms. The van der Waals surface area contributed by atoms with Crippen molar-refractivity contribution in [1.82, 2.24) is 4.90 Å². The molecule has 1 rings (SSSR count). The van der Waals surface area contributed by atoms with E-state index in [1.807, 2.05) is 13.8 Å². The summed E-state index contributed by atoms with van der Waals surface area (Å²) >= 11 is 0. The first-order valence-corrected chi connectivity index (χ1v) is 4.23. The summed E-state index contributed by atoms with van der Waals surface area (Å²) < 4.78 is 0. The lowest BCUT2D eigenvalue weighted by Gasteiger charge is -2.17. The van der Waals surface area contributed by atoms with E-state index >= 15 is 0 Å². The quantitative estimate of drug-likeness (QED) is 0.651. The Morgan fingerprint density at radius 1 is 1.54 bits per heavy atom. The minimum Gasteiger partial charge on any atom is -0.302 e. The average molecular weight is 179 g/mol. The van der Waals surface area contributed by atoms with E-state index in [1.54, 1.807) is 6.08 Å². The molecule has 0 aromatic rings. The molecule has 1 aliphatic rings. The zero-order chi connectivity index (χ0) is 10.0. The number of nitrogens with zero attached hydrogens (tertiary/aromatic N) is 1. The van der Waals surface area contributed by atoms with Crippen LogP contribution in [-0.2, 0) is 9.59 Å². The summed E-state index contributed by atoms with van der Waals surface area (Å²) in [6.07, 6.45) is 3.05. The lowest BCUT2D eigenvalue weighted by Crippen LogP contribution is -2.31. The number of carbonyl (C=O) groups is 2. The van der Waals surface area contributed by atoms with E-state index in [1.165, 1.54) is 11.0 Å².